The molecule has 0 unspecified atom stereocenters. The van der Waals surface area contributed by atoms with Gasteiger partial charge in [0.05, 0.1) is 29.5 Å². The number of aromatic hydroxyl groups is 1. The first-order valence-corrected chi connectivity index (χ1v) is 16.0. The van der Waals surface area contributed by atoms with Gasteiger partial charge in [0, 0.05) is 51.2 Å². The van der Waals surface area contributed by atoms with E-state index in [0.29, 0.717) is 38.4 Å². The van der Waals surface area contributed by atoms with E-state index in [1.807, 2.05) is 16.7 Å². The van der Waals surface area contributed by atoms with Gasteiger partial charge >= 0.3 is 6.18 Å². The number of aromatic nitrogens is 5. The molecule has 0 aliphatic carbocycles. The Balaban J connectivity index is 1.34. The summed E-state index contributed by atoms with van der Waals surface area (Å²) in [6.07, 6.45) is -2.89. The van der Waals surface area contributed by atoms with Crippen LogP contribution in [0.25, 0.3) is 5.78 Å². The van der Waals surface area contributed by atoms with Gasteiger partial charge in [-0.1, -0.05) is 18.5 Å². The van der Waals surface area contributed by atoms with Crippen molar-refractivity contribution in [2.24, 2.45) is 0 Å². The molecule has 260 valence electrons. The Morgan fingerprint density at radius 3 is 2.43 bits per heavy atom. The second-order valence-electron chi connectivity index (χ2n) is 11.6. The van der Waals surface area contributed by atoms with Crippen molar-refractivity contribution in [3.05, 3.63) is 68.4 Å². The Kier molecular flexibility index (Phi) is 9.39. The Bertz CT molecular complexity index is 1970. The number of rotatable bonds is 7. The lowest BCUT2D eigenvalue weighted by atomic mass is 10.1. The minimum absolute atomic E-state index is 0.000210. The number of nitrogens with zero attached hydrogens (tertiary/aromatic N) is 8. The normalized spacial score (nSPS) is 15.6. The fraction of sp³-hybridized carbons (Fsp3) is 0.419. The van der Waals surface area contributed by atoms with Gasteiger partial charge in [0.2, 0.25) is 17.6 Å². The number of benzene rings is 1. The summed E-state index contributed by atoms with van der Waals surface area (Å²) in [6, 6.07) is 4.44. The number of morpholine rings is 1. The molecule has 6 rings (SSSR count). The first-order chi connectivity index (χ1) is 23.4. The summed E-state index contributed by atoms with van der Waals surface area (Å²) in [7, 11) is 0. The number of carbonyl (C=O) groups is 2. The van der Waals surface area contributed by atoms with Crippen LogP contribution in [0.5, 0.6) is 5.75 Å². The molecule has 0 radical (unpaired) electrons. The van der Waals surface area contributed by atoms with E-state index in [1.165, 1.54) is 30.2 Å². The molecule has 49 heavy (non-hydrogen) atoms. The predicted octanol–water partition coefficient (Wildman–Crippen LogP) is 2.97. The maximum Gasteiger partial charge on any atom is 0.416 e. The molecule has 14 nitrogen and oxygen atoms in total. The first-order valence-electron chi connectivity index (χ1n) is 15.6. The van der Waals surface area contributed by atoms with Gasteiger partial charge in [-0.15, -0.1) is 5.10 Å². The van der Waals surface area contributed by atoms with Gasteiger partial charge < -0.3 is 34.4 Å². The standard InChI is InChI=1S/C31H33ClF3N9O5/c1-3-22-25(40-8-10-41(11-9-40)27(47)24-26(46)20(32)6-7-36-24)28(48)44-30(38-29(39-44)42-12-14-49-15-13-42)43(22)17-23(45)37-21-5-4-19(16-18(21)2)31(33,34)35/h4-7,16,46H,3,8-15,17H2,1-2H3,(H,37,45). The van der Waals surface area contributed by atoms with Crippen molar-refractivity contribution in [2.75, 3.05) is 67.6 Å². The number of nitrogens with one attached hydrogen (secondary N) is 1. The SMILES string of the molecule is CCc1c(N2CCN(C(=O)c3nccc(Cl)c3O)CC2)c(=O)n2nc(N3CCOCC3)nc2n1CC(=O)Nc1ccc(C(F)(F)F)cc1C. The highest BCUT2D eigenvalue weighted by atomic mass is 35.5. The number of amides is 2. The van der Waals surface area contributed by atoms with E-state index in [0.717, 1.165) is 16.6 Å². The Labute approximate surface area is 282 Å². The molecule has 0 atom stereocenters. The smallest absolute Gasteiger partial charge is 0.416 e. The highest BCUT2D eigenvalue weighted by molar-refractivity contribution is 6.32. The maximum atomic E-state index is 14.1. The van der Waals surface area contributed by atoms with Crippen molar-refractivity contribution in [3.8, 4) is 5.75 Å². The van der Waals surface area contributed by atoms with Crippen LogP contribution < -0.4 is 20.7 Å². The molecule has 2 aliphatic rings. The van der Waals surface area contributed by atoms with Crippen LogP contribution in [0.2, 0.25) is 5.02 Å². The van der Waals surface area contributed by atoms with Gasteiger partial charge in [-0.2, -0.15) is 22.7 Å². The monoisotopic (exact) mass is 703 g/mol. The molecule has 2 aliphatic heterocycles. The molecule has 3 aromatic heterocycles. The van der Waals surface area contributed by atoms with Gasteiger partial charge in [0.1, 0.15) is 12.2 Å². The maximum absolute atomic E-state index is 14.1. The van der Waals surface area contributed by atoms with Gasteiger partial charge in [-0.05, 0) is 43.2 Å². The molecule has 4 aromatic rings. The average molecular weight is 704 g/mol. The summed E-state index contributed by atoms with van der Waals surface area (Å²) in [5.41, 5.74) is -0.242. The second kappa shape index (κ2) is 13.5. The average Bonchev–Trinajstić information content (AvgIpc) is 3.54. The predicted molar refractivity (Wildman–Crippen MR) is 173 cm³/mol. The second-order valence-corrected chi connectivity index (χ2v) is 12.0. The van der Waals surface area contributed by atoms with Crippen LogP contribution in [-0.2, 0) is 28.7 Å². The summed E-state index contributed by atoms with van der Waals surface area (Å²) in [5.74, 6) is -1.05. The van der Waals surface area contributed by atoms with E-state index >= 15 is 0 Å². The van der Waals surface area contributed by atoms with Crippen LogP contribution in [0, 0.1) is 6.92 Å². The number of anilines is 3. The van der Waals surface area contributed by atoms with Crippen LogP contribution in [0.15, 0.2) is 35.3 Å². The third-order valence-corrected chi connectivity index (χ3v) is 8.84. The Morgan fingerprint density at radius 2 is 1.78 bits per heavy atom. The summed E-state index contributed by atoms with van der Waals surface area (Å²) in [6.45, 7) is 5.74. The summed E-state index contributed by atoms with van der Waals surface area (Å²) >= 11 is 5.98. The number of halogens is 4. The molecule has 2 fully saturated rings. The van der Waals surface area contributed by atoms with E-state index in [2.05, 4.69) is 20.4 Å². The fourth-order valence-corrected chi connectivity index (χ4v) is 6.15. The number of piperazine rings is 1. The lowest BCUT2D eigenvalue weighted by Gasteiger charge is -2.36. The number of fused-ring (bicyclic) bond motifs is 1. The largest absolute Gasteiger partial charge is 0.504 e. The lowest BCUT2D eigenvalue weighted by Crippen LogP contribution is -2.51. The minimum atomic E-state index is -4.53. The van der Waals surface area contributed by atoms with Crippen molar-refractivity contribution < 1.29 is 32.6 Å². The van der Waals surface area contributed by atoms with E-state index in [1.54, 1.807) is 4.57 Å². The van der Waals surface area contributed by atoms with E-state index in [-0.39, 0.29) is 72.1 Å². The molecule has 0 spiro atoms. The summed E-state index contributed by atoms with van der Waals surface area (Å²) in [5, 5.41) is 17.5. The van der Waals surface area contributed by atoms with Crippen LogP contribution in [0.4, 0.5) is 30.5 Å². The lowest BCUT2D eigenvalue weighted by molar-refractivity contribution is -0.137. The number of alkyl halides is 3. The zero-order chi connectivity index (χ0) is 35.0. The summed E-state index contributed by atoms with van der Waals surface area (Å²) < 4.78 is 47.9. The van der Waals surface area contributed by atoms with Crippen molar-refractivity contribution in [1.82, 2.24) is 29.0 Å². The number of hydrogen-bond acceptors (Lipinski definition) is 10. The molecule has 18 heteroatoms. The Hall–Kier alpha value is -4.90. The topological polar surface area (TPSA) is 150 Å². The highest BCUT2D eigenvalue weighted by Crippen LogP contribution is 2.32. The molecule has 5 heterocycles. The van der Waals surface area contributed by atoms with Gasteiger partial charge in [-0.25, -0.2) is 4.98 Å². The third kappa shape index (κ3) is 6.72. The minimum Gasteiger partial charge on any atom is -0.504 e. The third-order valence-electron chi connectivity index (χ3n) is 8.53. The van der Waals surface area contributed by atoms with Crippen molar-refractivity contribution in [2.45, 2.75) is 33.0 Å². The number of pyridine rings is 1. The van der Waals surface area contributed by atoms with E-state index in [4.69, 9.17) is 16.3 Å². The molecule has 0 bridgehead atoms. The van der Waals surface area contributed by atoms with Gasteiger partial charge in [0.25, 0.3) is 11.5 Å². The molecule has 2 amide bonds. The molecule has 2 N–H and O–H groups in total. The first kappa shape index (κ1) is 34.0. The van der Waals surface area contributed by atoms with Gasteiger partial charge in [0.15, 0.2) is 11.4 Å². The number of ether oxygens (including phenoxy) is 1. The van der Waals surface area contributed by atoms with Gasteiger partial charge in [-0.3, -0.25) is 14.4 Å². The number of hydrogen-bond donors (Lipinski definition) is 2. The zero-order valence-corrected chi connectivity index (χ0v) is 27.4. The molecule has 0 saturated carbocycles. The number of carbonyl (C=O) groups excluding carboxylic acids is 2. The molecule has 2 saturated heterocycles. The van der Waals surface area contributed by atoms with Crippen molar-refractivity contribution in [1.29, 1.82) is 0 Å². The number of aryl methyl sites for hydroxylation is 1. The highest BCUT2D eigenvalue weighted by Gasteiger charge is 2.32. The quantitative estimate of drug-likeness (QED) is 0.294. The van der Waals surface area contributed by atoms with E-state index < -0.39 is 34.9 Å². The van der Waals surface area contributed by atoms with Crippen LogP contribution >= 0.6 is 11.6 Å². The zero-order valence-electron chi connectivity index (χ0n) is 26.6. The van der Waals surface area contributed by atoms with Crippen molar-refractivity contribution >= 4 is 46.5 Å². The molecular weight excluding hydrogens is 671 g/mol. The van der Waals surface area contributed by atoms with Crippen LogP contribution in [-0.4, -0.2) is 98.5 Å². The van der Waals surface area contributed by atoms with Crippen LogP contribution in [0.3, 0.4) is 0 Å². The fourth-order valence-electron chi connectivity index (χ4n) is 6.00. The van der Waals surface area contributed by atoms with Crippen LogP contribution in [0.1, 0.15) is 34.2 Å². The molecule has 1 aromatic carbocycles. The van der Waals surface area contributed by atoms with Crippen molar-refractivity contribution in [3.63, 3.8) is 0 Å². The summed E-state index contributed by atoms with van der Waals surface area (Å²) in [4.78, 5) is 54.7. The molecular formula is C31H33ClF3N9O5. The van der Waals surface area contributed by atoms with E-state index in [9.17, 15) is 32.7 Å². The Morgan fingerprint density at radius 1 is 1.06 bits per heavy atom.